The lowest BCUT2D eigenvalue weighted by molar-refractivity contribution is -0.130. The lowest BCUT2D eigenvalue weighted by Gasteiger charge is -2.17. The number of benzene rings is 2. The van der Waals surface area contributed by atoms with Crippen LogP contribution in [0.5, 0.6) is 0 Å². The molecule has 0 aliphatic heterocycles. The quantitative estimate of drug-likeness (QED) is 0.663. The van der Waals surface area contributed by atoms with Crippen molar-refractivity contribution in [2.24, 2.45) is 0 Å². The first-order valence-corrected chi connectivity index (χ1v) is 8.21. The van der Waals surface area contributed by atoms with Gasteiger partial charge in [0.05, 0.1) is 0 Å². The van der Waals surface area contributed by atoms with Crippen molar-refractivity contribution in [1.82, 2.24) is 10.3 Å². The summed E-state index contributed by atoms with van der Waals surface area (Å²) in [6.07, 6.45) is 1.41. The largest absolute Gasteiger partial charge is 0.378 e. The van der Waals surface area contributed by atoms with E-state index in [-0.39, 0.29) is 6.04 Å². The van der Waals surface area contributed by atoms with Crippen LogP contribution in [0, 0.1) is 0 Å². The van der Waals surface area contributed by atoms with E-state index in [2.05, 4.69) is 16.4 Å². The summed E-state index contributed by atoms with van der Waals surface area (Å²) in [4.78, 5) is 15.5. The van der Waals surface area contributed by atoms with Crippen LogP contribution in [-0.2, 0) is 11.2 Å². The van der Waals surface area contributed by atoms with Crippen LogP contribution in [0.4, 0.5) is 0 Å². The van der Waals surface area contributed by atoms with Crippen LogP contribution in [-0.4, -0.2) is 22.0 Å². The van der Waals surface area contributed by atoms with Gasteiger partial charge in [0.1, 0.15) is 0 Å². The minimum atomic E-state index is -1.23. The van der Waals surface area contributed by atoms with E-state index in [0.29, 0.717) is 17.0 Å². The zero-order valence-electron chi connectivity index (χ0n) is 13.3. The normalized spacial score (nSPS) is 13.6. The van der Waals surface area contributed by atoms with Gasteiger partial charge in [-0.3, -0.25) is 4.79 Å². The third-order valence-electron chi connectivity index (χ3n) is 4.00. The van der Waals surface area contributed by atoms with Gasteiger partial charge < -0.3 is 15.4 Å². The van der Waals surface area contributed by atoms with Crippen molar-refractivity contribution in [1.29, 1.82) is 0 Å². The Kier molecular flexibility index (Phi) is 4.88. The Morgan fingerprint density at radius 1 is 1.25 bits per heavy atom. The summed E-state index contributed by atoms with van der Waals surface area (Å²) in [5.74, 6) is -0.426. The topological polar surface area (TPSA) is 65.1 Å². The van der Waals surface area contributed by atoms with Crippen LogP contribution in [0.2, 0.25) is 5.02 Å². The van der Waals surface area contributed by atoms with E-state index in [9.17, 15) is 9.90 Å². The van der Waals surface area contributed by atoms with Crippen LogP contribution >= 0.6 is 11.6 Å². The van der Waals surface area contributed by atoms with Crippen molar-refractivity contribution in [3.8, 4) is 0 Å². The third kappa shape index (κ3) is 3.61. The molecule has 0 aliphatic carbocycles. The lowest BCUT2D eigenvalue weighted by atomic mass is 10.0. The average molecular weight is 343 g/mol. The number of hydrogen-bond donors (Lipinski definition) is 3. The SMILES string of the molecule is C[C@@H](Cc1c[nH]c2ccccc12)NC(=O)[C@@H](O)c1cccc(Cl)c1. The molecule has 0 spiro atoms. The smallest absolute Gasteiger partial charge is 0.253 e. The van der Waals surface area contributed by atoms with Crippen LogP contribution in [0.1, 0.15) is 24.2 Å². The molecule has 2 aromatic carbocycles. The van der Waals surface area contributed by atoms with Gasteiger partial charge >= 0.3 is 0 Å². The molecule has 124 valence electrons. The zero-order chi connectivity index (χ0) is 17.1. The summed E-state index contributed by atoms with van der Waals surface area (Å²) in [5, 5.41) is 14.7. The van der Waals surface area contributed by atoms with E-state index in [4.69, 9.17) is 11.6 Å². The van der Waals surface area contributed by atoms with E-state index in [1.54, 1.807) is 24.3 Å². The highest BCUT2D eigenvalue weighted by Gasteiger charge is 2.20. The molecule has 3 N–H and O–H groups in total. The maximum absolute atomic E-state index is 12.2. The first-order valence-electron chi connectivity index (χ1n) is 7.83. The van der Waals surface area contributed by atoms with Gasteiger partial charge in [-0.25, -0.2) is 0 Å². The molecule has 24 heavy (non-hydrogen) atoms. The van der Waals surface area contributed by atoms with E-state index in [1.165, 1.54) is 0 Å². The molecule has 0 saturated carbocycles. The fourth-order valence-electron chi connectivity index (χ4n) is 2.83. The van der Waals surface area contributed by atoms with Gasteiger partial charge in [0.25, 0.3) is 5.91 Å². The number of para-hydroxylation sites is 1. The van der Waals surface area contributed by atoms with E-state index >= 15 is 0 Å². The number of nitrogens with one attached hydrogen (secondary N) is 2. The molecule has 0 saturated heterocycles. The summed E-state index contributed by atoms with van der Waals surface area (Å²) in [6.45, 7) is 1.92. The molecule has 0 unspecified atom stereocenters. The number of fused-ring (bicyclic) bond motifs is 1. The van der Waals surface area contributed by atoms with Crippen molar-refractivity contribution in [3.05, 3.63) is 70.9 Å². The maximum atomic E-state index is 12.2. The highest BCUT2D eigenvalue weighted by Crippen LogP contribution is 2.20. The monoisotopic (exact) mass is 342 g/mol. The number of carbonyl (C=O) groups is 1. The molecule has 2 atom stereocenters. The number of rotatable bonds is 5. The number of aromatic nitrogens is 1. The van der Waals surface area contributed by atoms with Gasteiger partial charge in [-0.05, 0) is 42.7 Å². The predicted molar refractivity (Wildman–Crippen MR) is 96.0 cm³/mol. The van der Waals surface area contributed by atoms with E-state index in [0.717, 1.165) is 16.5 Å². The molecule has 1 aromatic heterocycles. The Morgan fingerprint density at radius 2 is 2.04 bits per heavy atom. The second kappa shape index (κ2) is 7.07. The number of aliphatic hydroxyl groups is 1. The Labute approximate surface area is 145 Å². The summed E-state index contributed by atoms with van der Waals surface area (Å²) in [6, 6.07) is 14.6. The second-order valence-electron chi connectivity index (χ2n) is 5.93. The predicted octanol–water partition coefficient (Wildman–Crippen LogP) is 3.60. The van der Waals surface area contributed by atoms with Crippen LogP contribution in [0.15, 0.2) is 54.7 Å². The van der Waals surface area contributed by atoms with Gasteiger partial charge in [0.2, 0.25) is 0 Å². The van der Waals surface area contributed by atoms with Crippen molar-refractivity contribution in [3.63, 3.8) is 0 Å². The lowest BCUT2D eigenvalue weighted by Crippen LogP contribution is -2.37. The summed E-state index contributed by atoms with van der Waals surface area (Å²) < 4.78 is 0. The highest BCUT2D eigenvalue weighted by atomic mass is 35.5. The molecule has 0 radical (unpaired) electrons. The number of carbonyl (C=O) groups excluding carboxylic acids is 1. The molecule has 1 heterocycles. The van der Waals surface area contributed by atoms with Gasteiger partial charge in [0, 0.05) is 28.2 Å². The highest BCUT2D eigenvalue weighted by molar-refractivity contribution is 6.30. The van der Waals surface area contributed by atoms with E-state index in [1.807, 2.05) is 31.3 Å². The molecule has 3 rings (SSSR count). The fraction of sp³-hybridized carbons (Fsp3) is 0.211. The Balaban J connectivity index is 1.66. The third-order valence-corrected chi connectivity index (χ3v) is 4.24. The van der Waals surface area contributed by atoms with E-state index < -0.39 is 12.0 Å². The molecular formula is C19H19ClN2O2. The molecule has 3 aromatic rings. The van der Waals surface area contributed by atoms with Gasteiger partial charge in [0.15, 0.2) is 6.10 Å². The van der Waals surface area contributed by atoms with Gasteiger partial charge in [-0.15, -0.1) is 0 Å². The summed E-state index contributed by atoms with van der Waals surface area (Å²) in [7, 11) is 0. The second-order valence-corrected chi connectivity index (χ2v) is 6.37. The zero-order valence-corrected chi connectivity index (χ0v) is 14.0. The van der Waals surface area contributed by atoms with Crippen molar-refractivity contribution < 1.29 is 9.90 Å². The minimum absolute atomic E-state index is 0.106. The number of aliphatic hydroxyl groups excluding tert-OH is 1. The molecule has 4 nitrogen and oxygen atoms in total. The van der Waals surface area contributed by atoms with Crippen LogP contribution < -0.4 is 5.32 Å². The van der Waals surface area contributed by atoms with Crippen LogP contribution in [0.25, 0.3) is 10.9 Å². The molecule has 5 heteroatoms. The summed E-state index contributed by atoms with van der Waals surface area (Å²) in [5.41, 5.74) is 2.69. The average Bonchev–Trinajstić information content (AvgIpc) is 2.97. The van der Waals surface area contributed by atoms with Gasteiger partial charge in [-0.2, -0.15) is 0 Å². The molecule has 0 aliphatic rings. The standard InChI is InChI=1S/C19H19ClN2O2/c1-12(9-14-11-21-17-8-3-2-7-16(14)17)22-19(24)18(23)13-5-4-6-15(20)10-13/h2-8,10-12,18,21,23H,9H2,1H3,(H,22,24)/t12-,18-/m0/s1. The van der Waals surface area contributed by atoms with Crippen molar-refractivity contribution in [2.45, 2.75) is 25.5 Å². The Hall–Kier alpha value is -2.30. The number of aromatic amines is 1. The van der Waals surface area contributed by atoms with Crippen molar-refractivity contribution in [2.75, 3.05) is 0 Å². The number of halogens is 1. The Bertz CT molecular complexity index is 859. The molecule has 0 fully saturated rings. The van der Waals surface area contributed by atoms with Crippen LogP contribution in [0.3, 0.4) is 0 Å². The molecular weight excluding hydrogens is 324 g/mol. The van der Waals surface area contributed by atoms with Crippen molar-refractivity contribution >= 4 is 28.4 Å². The Morgan fingerprint density at radius 3 is 2.83 bits per heavy atom. The number of H-pyrrole nitrogens is 1. The molecule has 0 bridgehead atoms. The number of amides is 1. The molecule has 1 amide bonds. The first-order chi connectivity index (χ1) is 11.5. The first kappa shape index (κ1) is 16.6. The van der Waals surface area contributed by atoms with Gasteiger partial charge in [-0.1, -0.05) is 41.9 Å². The number of hydrogen-bond acceptors (Lipinski definition) is 2. The summed E-state index contributed by atoms with van der Waals surface area (Å²) >= 11 is 5.90. The maximum Gasteiger partial charge on any atom is 0.253 e. The minimum Gasteiger partial charge on any atom is -0.378 e. The fourth-order valence-corrected chi connectivity index (χ4v) is 3.03.